The van der Waals surface area contributed by atoms with Gasteiger partial charge in [0.1, 0.15) is 0 Å². The second-order valence-corrected chi connectivity index (χ2v) is 7.49. The zero-order valence-corrected chi connectivity index (χ0v) is 17.2. The Bertz CT molecular complexity index is 882. The van der Waals surface area contributed by atoms with Crippen LogP contribution in [-0.2, 0) is 13.1 Å². The van der Waals surface area contributed by atoms with Gasteiger partial charge in [-0.25, -0.2) is 0 Å². The molecular weight excluding hydrogens is 392 g/mol. The SMILES string of the molecule is CCN1CCN(Cc2ccccc2CNC(=O)c2ccc([N+](=O)[O-])cc2Cl)CC1. The normalized spacial score (nSPS) is 15.2. The molecule has 29 heavy (non-hydrogen) atoms. The van der Waals surface area contributed by atoms with Gasteiger partial charge in [-0.05, 0) is 23.7 Å². The number of non-ortho nitro benzene ring substituents is 1. The van der Waals surface area contributed by atoms with E-state index in [1.54, 1.807) is 0 Å². The number of carbonyl (C=O) groups is 1. The van der Waals surface area contributed by atoms with Crippen molar-refractivity contribution in [1.82, 2.24) is 15.1 Å². The number of hydrogen-bond acceptors (Lipinski definition) is 5. The Morgan fingerprint density at radius 1 is 1.10 bits per heavy atom. The molecule has 1 fully saturated rings. The molecule has 1 N–H and O–H groups in total. The number of hydrogen-bond donors (Lipinski definition) is 1. The second kappa shape index (κ2) is 9.82. The number of nitro benzene ring substituents is 1. The van der Waals surface area contributed by atoms with E-state index in [1.165, 1.54) is 23.8 Å². The zero-order chi connectivity index (χ0) is 20.8. The van der Waals surface area contributed by atoms with Gasteiger partial charge >= 0.3 is 0 Å². The van der Waals surface area contributed by atoms with E-state index in [4.69, 9.17) is 11.6 Å². The number of nitrogens with zero attached hydrogens (tertiary/aromatic N) is 3. The quantitative estimate of drug-likeness (QED) is 0.553. The molecule has 8 heteroatoms. The van der Waals surface area contributed by atoms with Gasteiger partial charge in [0.2, 0.25) is 0 Å². The Kier molecular flexibility index (Phi) is 7.19. The summed E-state index contributed by atoms with van der Waals surface area (Å²) in [6, 6.07) is 11.9. The second-order valence-electron chi connectivity index (χ2n) is 7.08. The topological polar surface area (TPSA) is 78.7 Å². The van der Waals surface area contributed by atoms with E-state index < -0.39 is 4.92 Å². The van der Waals surface area contributed by atoms with Crippen molar-refractivity contribution < 1.29 is 9.72 Å². The van der Waals surface area contributed by atoms with Gasteiger partial charge in [0, 0.05) is 51.4 Å². The van der Waals surface area contributed by atoms with Crippen LogP contribution >= 0.6 is 11.6 Å². The summed E-state index contributed by atoms with van der Waals surface area (Å²) in [5.41, 5.74) is 2.33. The fourth-order valence-electron chi connectivity index (χ4n) is 3.46. The van der Waals surface area contributed by atoms with Crippen LogP contribution in [0.25, 0.3) is 0 Å². The number of rotatable bonds is 7. The summed E-state index contributed by atoms with van der Waals surface area (Å²) < 4.78 is 0. The average Bonchev–Trinajstić information content (AvgIpc) is 2.73. The average molecular weight is 417 g/mol. The number of piperazine rings is 1. The summed E-state index contributed by atoms with van der Waals surface area (Å²) in [5.74, 6) is -0.351. The number of benzene rings is 2. The molecule has 7 nitrogen and oxygen atoms in total. The minimum absolute atomic E-state index is 0.0683. The first-order valence-electron chi connectivity index (χ1n) is 9.71. The van der Waals surface area contributed by atoms with Crippen molar-refractivity contribution in [2.75, 3.05) is 32.7 Å². The molecule has 1 heterocycles. The fraction of sp³-hybridized carbons (Fsp3) is 0.381. The maximum Gasteiger partial charge on any atom is 0.270 e. The number of nitrogens with one attached hydrogen (secondary N) is 1. The molecular formula is C21H25ClN4O3. The van der Waals surface area contributed by atoms with Crippen molar-refractivity contribution in [3.8, 4) is 0 Å². The number of amides is 1. The minimum atomic E-state index is -0.538. The highest BCUT2D eigenvalue weighted by Gasteiger charge is 2.18. The standard InChI is InChI=1S/C21H25ClN4O3/c1-2-24-9-11-25(12-10-24)15-17-6-4-3-5-16(17)14-23-21(27)19-8-7-18(26(28)29)13-20(19)22/h3-8,13H,2,9-12,14-15H2,1H3,(H,23,27). The van der Waals surface area contributed by atoms with Crippen LogP contribution in [-0.4, -0.2) is 53.4 Å². The van der Waals surface area contributed by atoms with E-state index in [0.717, 1.165) is 44.8 Å². The van der Waals surface area contributed by atoms with Crippen molar-refractivity contribution in [3.05, 3.63) is 74.3 Å². The van der Waals surface area contributed by atoms with Gasteiger partial charge in [0.25, 0.3) is 11.6 Å². The van der Waals surface area contributed by atoms with Crippen LogP contribution in [0.4, 0.5) is 5.69 Å². The van der Waals surface area contributed by atoms with Crippen LogP contribution in [0.15, 0.2) is 42.5 Å². The monoisotopic (exact) mass is 416 g/mol. The van der Waals surface area contributed by atoms with E-state index in [0.29, 0.717) is 6.54 Å². The van der Waals surface area contributed by atoms with Gasteiger partial charge in [-0.2, -0.15) is 0 Å². The molecule has 0 aliphatic carbocycles. The molecule has 2 aromatic rings. The van der Waals surface area contributed by atoms with Crippen LogP contribution in [0.5, 0.6) is 0 Å². The van der Waals surface area contributed by atoms with E-state index >= 15 is 0 Å². The summed E-state index contributed by atoms with van der Waals surface area (Å²) in [6.45, 7) is 8.72. The van der Waals surface area contributed by atoms with Crippen LogP contribution in [0.2, 0.25) is 5.02 Å². The predicted molar refractivity (Wildman–Crippen MR) is 113 cm³/mol. The maximum atomic E-state index is 12.5. The Morgan fingerprint density at radius 2 is 1.76 bits per heavy atom. The summed E-state index contributed by atoms with van der Waals surface area (Å²) in [6.07, 6.45) is 0. The van der Waals surface area contributed by atoms with Crippen molar-refractivity contribution in [2.45, 2.75) is 20.0 Å². The molecule has 0 saturated carbocycles. The van der Waals surface area contributed by atoms with E-state index in [-0.39, 0.29) is 22.2 Å². The molecule has 0 spiro atoms. The van der Waals surface area contributed by atoms with Crippen LogP contribution in [0.1, 0.15) is 28.4 Å². The summed E-state index contributed by atoms with van der Waals surface area (Å²) in [7, 11) is 0. The van der Waals surface area contributed by atoms with Crippen LogP contribution in [0, 0.1) is 10.1 Å². The Hall–Kier alpha value is -2.48. The third-order valence-electron chi connectivity index (χ3n) is 5.27. The molecule has 0 aromatic heterocycles. The molecule has 154 valence electrons. The van der Waals surface area contributed by atoms with Crippen molar-refractivity contribution in [2.24, 2.45) is 0 Å². The molecule has 2 aromatic carbocycles. The lowest BCUT2D eigenvalue weighted by Gasteiger charge is -2.34. The first-order valence-corrected chi connectivity index (χ1v) is 10.1. The number of likely N-dealkylation sites (N-methyl/N-ethyl adjacent to an activating group) is 1. The van der Waals surface area contributed by atoms with Gasteiger partial charge in [0.15, 0.2) is 0 Å². The number of halogens is 1. The summed E-state index contributed by atoms with van der Waals surface area (Å²) in [5, 5.41) is 13.8. The zero-order valence-electron chi connectivity index (χ0n) is 16.4. The van der Waals surface area contributed by atoms with Gasteiger partial charge in [0.05, 0.1) is 15.5 Å². The van der Waals surface area contributed by atoms with Crippen molar-refractivity contribution in [1.29, 1.82) is 0 Å². The lowest BCUT2D eigenvalue weighted by atomic mass is 10.1. The molecule has 0 unspecified atom stereocenters. The third-order valence-corrected chi connectivity index (χ3v) is 5.58. The Balaban J connectivity index is 1.62. The van der Waals surface area contributed by atoms with Crippen LogP contribution < -0.4 is 5.32 Å². The molecule has 1 amide bonds. The molecule has 1 saturated heterocycles. The molecule has 0 atom stereocenters. The highest BCUT2D eigenvalue weighted by Crippen LogP contribution is 2.22. The fourth-order valence-corrected chi connectivity index (χ4v) is 3.72. The Labute approximate surface area is 175 Å². The molecule has 0 radical (unpaired) electrons. The first-order chi connectivity index (χ1) is 14.0. The van der Waals surface area contributed by atoms with Crippen molar-refractivity contribution >= 4 is 23.2 Å². The largest absolute Gasteiger partial charge is 0.348 e. The minimum Gasteiger partial charge on any atom is -0.348 e. The highest BCUT2D eigenvalue weighted by molar-refractivity contribution is 6.34. The van der Waals surface area contributed by atoms with E-state index in [1.807, 2.05) is 18.2 Å². The maximum absolute atomic E-state index is 12.5. The summed E-state index contributed by atoms with van der Waals surface area (Å²) in [4.78, 5) is 27.7. The predicted octanol–water partition coefficient (Wildman–Crippen LogP) is 3.32. The molecule has 0 bridgehead atoms. The van der Waals surface area contributed by atoms with E-state index in [9.17, 15) is 14.9 Å². The highest BCUT2D eigenvalue weighted by atomic mass is 35.5. The molecule has 1 aliphatic rings. The van der Waals surface area contributed by atoms with Gasteiger partial charge in [-0.15, -0.1) is 0 Å². The van der Waals surface area contributed by atoms with Gasteiger partial charge < -0.3 is 10.2 Å². The first kappa shape index (κ1) is 21.2. The smallest absolute Gasteiger partial charge is 0.270 e. The van der Waals surface area contributed by atoms with Gasteiger partial charge in [-0.3, -0.25) is 19.8 Å². The van der Waals surface area contributed by atoms with Gasteiger partial charge in [-0.1, -0.05) is 42.8 Å². The number of nitro groups is 1. The summed E-state index contributed by atoms with van der Waals surface area (Å²) >= 11 is 6.06. The Morgan fingerprint density at radius 3 is 2.38 bits per heavy atom. The number of carbonyl (C=O) groups excluding carboxylic acids is 1. The lowest BCUT2D eigenvalue weighted by Crippen LogP contribution is -2.45. The third kappa shape index (κ3) is 5.53. The molecule has 3 rings (SSSR count). The van der Waals surface area contributed by atoms with Crippen molar-refractivity contribution in [3.63, 3.8) is 0 Å². The lowest BCUT2D eigenvalue weighted by molar-refractivity contribution is -0.384. The van der Waals surface area contributed by atoms with Crippen LogP contribution in [0.3, 0.4) is 0 Å². The van der Waals surface area contributed by atoms with E-state index in [2.05, 4.69) is 28.1 Å². The molecule has 1 aliphatic heterocycles.